The second-order valence-corrected chi connectivity index (χ2v) is 5.42. The number of nitrogens with one attached hydrogen (secondary N) is 1. The summed E-state index contributed by atoms with van der Waals surface area (Å²) >= 11 is 5.63. The van der Waals surface area contributed by atoms with Crippen LogP contribution in [0.1, 0.15) is 0 Å². The quantitative estimate of drug-likeness (QED) is 0.782. The molecule has 2 heterocycles. The molecule has 0 saturated carbocycles. The van der Waals surface area contributed by atoms with Crippen LogP contribution in [0, 0.1) is 0 Å². The second kappa shape index (κ2) is 4.42. The highest BCUT2D eigenvalue weighted by Crippen LogP contribution is 2.19. The zero-order chi connectivity index (χ0) is 13.3. The van der Waals surface area contributed by atoms with E-state index in [1.165, 1.54) is 16.9 Å². The Bertz CT molecular complexity index is 683. The summed E-state index contributed by atoms with van der Waals surface area (Å²) < 4.78 is 27.5. The average molecular weight is 289 g/mol. The summed E-state index contributed by atoms with van der Waals surface area (Å²) in [5, 5.41) is 3.88. The van der Waals surface area contributed by atoms with Crippen molar-refractivity contribution in [1.82, 2.24) is 19.7 Å². The normalized spacial score (nSPS) is 11.4. The molecule has 0 aliphatic carbocycles. The van der Waals surface area contributed by atoms with Crippen molar-refractivity contribution in [3.8, 4) is 0 Å². The number of hydrogen-bond acceptors (Lipinski definition) is 6. The number of halogens is 1. The summed E-state index contributed by atoms with van der Waals surface area (Å²) in [6.07, 6.45) is 2.44. The molecule has 0 aliphatic rings. The van der Waals surface area contributed by atoms with Crippen molar-refractivity contribution >= 4 is 33.3 Å². The second-order valence-electron chi connectivity index (χ2n) is 3.38. The predicted octanol–water partition coefficient (Wildman–Crippen LogP) is 0.247. The number of anilines is 2. The molecule has 0 aromatic carbocycles. The van der Waals surface area contributed by atoms with E-state index >= 15 is 0 Å². The van der Waals surface area contributed by atoms with Crippen LogP contribution in [0.4, 0.5) is 11.6 Å². The van der Waals surface area contributed by atoms with E-state index < -0.39 is 10.0 Å². The Balaban J connectivity index is 2.36. The van der Waals surface area contributed by atoms with Crippen molar-refractivity contribution in [1.29, 1.82) is 0 Å². The first kappa shape index (κ1) is 12.6. The van der Waals surface area contributed by atoms with Gasteiger partial charge in [-0.15, -0.1) is 0 Å². The summed E-state index contributed by atoms with van der Waals surface area (Å²) in [7, 11) is -2.28. The molecule has 0 aliphatic heterocycles. The van der Waals surface area contributed by atoms with Gasteiger partial charge in [-0.2, -0.15) is 5.10 Å². The minimum Gasteiger partial charge on any atom is -0.381 e. The van der Waals surface area contributed by atoms with Crippen molar-refractivity contribution in [2.24, 2.45) is 7.05 Å². The minimum absolute atomic E-state index is 0.0539. The van der Waals surface area contributed by atoms with Crippen LogP contribution in [0.2, 0.25) is 5.15 Å². The maximum atomic E-state index is 12.0. The van der Waals surface area contributed by atoms with Crippen LogP contribution in [0.25, 0.3) is 0 Å². The van der Waals surface area contributed by atoms with E-state index in [9.17, 15) is 8.42 Å². The maximum absolute atomic E-state index is 12.0. The number of aryl methyl sites for hydroxylation is 1. The van der Waals surface area contributed by atoms with Gasteiger partial charge in [-0.1, -0.05) is 11.6 Å². The average Bonchev–Trinajstić information content (AvgIpc) is 2.58. The van der Waals surface area contributed by atoms with Crippen molar-refractivity contribution in [2.45, 2.75) is 4.90 Å². The maximum Gasteiger partial charge on any atom is 0.268 e. The third kappa shape index (κ3) is 2.51. The summed E-state index contributed by atoms with van der Waals surface area (Å²) in [6.45, 7) is 0. The number of nitrogens with two attached hydrogens (primary N) is 1. The van der Waals surface area contributed by atoms with Gasteiger partial charge < -0.3 is 5.73 Å². The molecule has 0 radical (unpaired) electrons. The molecular weight excluding hydrogens is 280 g/mol. The molecule has 2 rings (SSSR count). The van der Waals surface area contributed by atoms with Crippen LogP contribution in [-0.4, -0.2) is 28.2 Å². The Labute approximate surface area is 108 Å². The Kier molecular flexibility index (Phi) is 3.09. The zero-order valence-electron chi connectivity index (χ0n) is 9.20. The number of aromatic nitrogens is 4. The Hall–Kier alpha value is -1.87. The lowest BCUT2D eigenvalue weighted by Gasteiger charge is -2.05. The highest BCUT2D eigenvalue weighted by molar-refractivity contribution is 7.92. The summed E-state index contributed by atoms with van der Waals surface area (Å²) in [4.78, 5) is 7.25. The molecule has 10 heteroatoms. The molecule has 8 nitrogen and oxygen atoms in total. The molecule has 0 unspecified atom stereocenters. The van der Waals surface area contributed by atoms with Gasteiger partial charge in [-0.3, -0.25) is 9.40 Å². The zero-order valence-corrected chi connectivity index (χ0v) is 10.8. The number of rotatable bonds is 3. The van der Waals surface area contributed by atoms with E-state index in [-0.39, 0.29) is 21.7 Å². The lowest BCUT2D eigenvalue weighted by atomic mass is 10.6. The third-order valence-electron chi connectivity index (χ3n) is 1.98. The van der Waals surface area contributed by atoms with Gasteiger partial charge in [0.15, 0.2) is 5.82 Å². The van der Waals surface area contributed by atoms with Gasteiger partial charge in [0.25, 0.3) is 10.0 Å². The van der Waals surface area contributed by atoms with Gasteiger partial charge in [0.05, 0.1) is 0 Å². The van der Waals surface area contributed by atoms with Crippen molar-refractivity contribution in [3.63, 3.8) is 0 Å². The lowest BCUT2D eigenvalue weighted by molar-refractivity contribution is 0.601. The fraction of sp³-hybridized carbons (Fsp3) is 0.125. The lowest BCUT2D eigenvalue weighted by Crippen LogP contribution is -2.14. The fourth-order valence-electron chi connectivity index (χ4n) is 1.27. The summed E-state index contributed by atoms with van der Waals surface area (Å²) in [5.74, 6) is -0.0385. The van der Waals surface area contributed by atoms with Gasteiger partial charge >= 0.3 is 0 Å². The van der Waals surface area contributed by atoms with Crippen molar-refractivity contribution in [3.05, 3.63) is 23.7 Å². The molecule has 0 bridgehead atoms. The molecule has 2 aromatic heterocycles. The molecule has 0 atom stereocenters. The molecule has 0 fully saturated rings. The summed E-state index contributed by atoms with van der Waals surface area (Å²) in [6, 6.07) is 1.28. The van der Waals surface area contributed by atoms with Crippen LogP contribution in [0.3, 0.4) is 0 Å². The molecule has 96 valence electrons. The highest BCUT2D eigenvalue weighted by atomic mass is 35.5. The Morgan fingerprint density at radius 2 is 2.17 bits per heavy atom. The number of nitrogen functional groups attached to an aromatic ring is 1. The topological polar surface area (TPSA) is 116 Å². The number of nitrogens with zero attached hydrogens (tertiary/aromatic N) is 4. The van der Waals surface area contributed by atoms with Gasteiger partial charge in [0.2, 0.25) is 0 Å². The van der Waals surface area contributed by atoms with E-state index in [1.54, 1.807) is 7.05 Å². The molecule has 0 spiro atoms. The third-order valence-corrected chi connectivity index (χ3v) is 3.56. The minimum atomic E-state index is -3.85. The molecule has 0 amide bonds. The monoisotopic (exact) mass is 288 g/mol. The summed E-state index contributed by atoms with van der Waals surface area (Å²) in [5.41, 5.74) is 5.50. The molecule has 18 heavy (non-hydrogen) atoms. The van der Waals surface area contributed by atoms with Crippen LogP contribution < -0.4 is 10.5 Å². The first-order valence-corrected chi connectivity index (χ1v) is 6.54. The van der Waals surface area contributed by atoms with Gasteiger partial charge in [0.1, 0.15) is 22.2 Å². The van der Waals surface area contributed by atoms with E-state index in [4.69, 9.17) is 17.3 Å². The first-order valence-electron chi connectivity index (χ1n) is 4.68. The molecule has 0 saturated heterocycles. The van der Waals surface area contributed by atoms with Crippen LogP contribution in [-0.2, 0) is 17.1 Å². The molecule has 2 aromatic rings. The highest BCUT2D eigenvalue weighted by Gasteiger charge is 2.21. The van der Waals surface area contributed by atoms with Gasteiger partial charge in [-0.05, 0) is 0 Å². The van der Waals surface area contributed by atoms with Gasteiger partial charge in [0, 0.05) is 19.3 Å². The van der Waals surface area contributed by atoms with Crippen molar-refractivity contribution < 1.29 is 8.42 Å². The predicted molar refractivity (Wildman–Crippen MR) is 65.5 cm³/mol. The van der Waals surface area contributed by atoms with E-state index in [1.807, 2.05) is 0 Å². The SMILES string of the molecule is Cn1cc(S(=O)(=O)Nc2cc(Cl)ncn2)c(N)n1. The van der Waals surface area contributed by atoms with Crippen LogP contribution >= 0.6 is 11.6 Å². The van der Waals surface area contributed by atoms with Crippen molar-refractivity contribution in [2.75, 3.05) is 10.5 Å². The first-order chi connectivity index (χ1) is 8.38. The smallest absolute Gasteiger partial charge is 0.268 e. The standard InChI is InChI=1S/C8H9ClN6O2S/c1-15-3-5(8(10)13-15)18(16,17)14-7-2-6(9)11-4-12-7/h2-4H,1H3,(H2,10,13)(H,11,12,14). The molecular formula is C8H9ClN6O2S. The van der Waals surface area contributed by atoms with E-state index in [2.05, 4.69) is 19.8 Å². The van der Waals surface area contributed by atoms with E-state index in [0.717, 1.165) is 6.33 Å². The van der Waals surface area contributed by atoms with Crippen LogP contribution in [0.15, 0.2) is 23.5 Å². The fourth-order valence-corrected chi connectivity index (χ4v) is 2.52. The van der Waals surface area contributed by atoms with Crippen LogP contribution in [0.5, 0.6) is 0 Å². The Morgan fingerprint density at radius 1 is 1.44 bits per heavy atom. The largest absolute Gasteiger partial charge is 0.381 e. The number of hydrogen-bond donors (Lipinski definition) is 2. The Morgan fingerprint density at radius 3 is 2.72 bits per heavy atom. The molecule has 3 N–H and O–H groups in total. The van der Waals surface area contributed by atoms with Gasteiger partial charge in [-0.25, -0.2) is 18.4 Å². The van der Waals surface area contributed by atoms with E-state index in [0.29, 0.717) is 0 Å². The number of sulfonamides is 1.